The lowest BCUT2D eigenvalue weighted by Crippen LogP contribution is -2.45. The molecule has 1 amide bonds. The van der Waals surface area contributed by atoms with Gasteiger partial charge in [0.25, 0.3) is 0 Å². The van der Waals surface area contributed by atoms with E-state index >= 15 is 0 Å². The van der Waals surface area contributed by atoms with Crippen molar-refractivity contribution in [3.05, 3.63) is 28.8 Å². The Bertz CT molecular complexity index is 518. The molecule has 3 N–H and O–H groups in total. The second-order valence-electron chi connectivity index (χ2n) is 6.82. The fourth-order valence-corrected chi connectivity index (χ4v) is 3.43. The number of likely N-dealkylation sites (tertiary alicyclic amines) is 1. The summed E-state index contributed by atoms with van der Waals surface area (Å²) in [6.45, 7) is 11.5. The number of hydrogen-bond acceptors (Lipinski definition) is 3. The first-order valence-electron chi connectivity index (χ1n) is 8.20. The van der Waals surface area contributed by atoms with Crippen LogP contribution in [0, 0.1) is 32.6 Å². The van der Waals surface area contributed by atoms with E-state index in [-0.39, 0.29) is 5.91 Å². The third-order valence-corrected chi connectivity index (χ3v) is 4.81. The van der Waals surface area contributed by atoms with Gasteiger partial charge in [0.05, 0.1) is 6.54 Å². The van der Waals surface area contributed by atoms with Crippen LogP contribution in [0.25, 0.3) is 0 Å². The quantitative estimate of drug-likeness (QED) is 0.898. The highest BCUT2D eigenvalue weighted by molar-refractivity contribution is 5.93. The maximum absolute atomic E-state index is 12.4. The summed E-state index contributed by atoms with van der Waals surface area (Å²) in [5.74, 6) is 1.23. The zero-order chi connectivity index (χ0) is 16.3. The van der Waals surface area contributed by atoms with Gasteiger partial charge in [0, 0.05) is 12.2 Å². The standard InChI is InChI=1S/C18H29N3O/c1-12-7-14(3)18(15(4)8-12)20-17(22)11-21-6-5-13(2)16(9-19)10-21/h7-8,13,16H,5-6,9-11,19H2,1-4H3,(H,20,22). The topological polar surface area (TPSA) is 58.4 Å². The zero-order valence-corrected chi connectivity index (χ0v) is 14.3. The molecular weight excluding hydrogens is 274 g/mol. The van der Waals surface area contributed by atoms with Gasteiger partial charge in [-0.25, -0.2) is 0 Å². The number of carbonyl (C=O) groups excluding carboxylic acids is 1. The summed E-state index contributed by atoms with van der Waals surface area (Å²) in [6, 6.07) is 4.21. The molecule has 2 rings (SSSR count). The van der Waals surface area contributed by atoms with Gasteiger partial charge in [-0.05, 0) is 63.2 Å². The van der Waals surface area contributed by atoms with Crippen molar-refractivity contribution in [3.63, 3.8) is 0 Å². The van der Waals surface area contributed by atoms with Gasteiger partial charge >= 0.3 is 0 Å². The van der Waals surface area contributed by atoms with Crippen molar-refractivity contribution in [1.29, 1.82) is 0 Å². The molecular formula is C18H29N3O. The Kier molecular flexibility index (Phi) is 5.59. The Labute approximate surface area is 134 Å². The minimum atomic E-state index is 0.0698. The van der Waals surface area contributed by atoms with Crippen molar-refractivity contribution in [2.24, 2.45) is 17.6 Å². The average Bonchev–Trinajstić information content (AvgIpc) is 2.45. The number of anilines is 1. The molecule has 0 radical (unpaired) electrons. The first-order chi connectivity index (χ1) is 10.4. The predicted molar refractivity (Wildman–Crippen MR) is 92.0 cm³/mol. The molecule has 1 aliphatic heterocycles. The van der Waals surface area contributed by atoms with E-state index in [2.05, 4.69) is 36.2 Å². The van der Waals surface area contributed by atoms with E-state index in [1.807, 2.05) is 13.8 Å². The van der Waals surface area contributed by atoms with Gasteiger partial charge in [0.15, 0.2) is 0 Å². The van der Waals surface area contributed by atoms with Crippen LogP contribution in [0.5, 0.6) is 0 Å². The number of aryl methyl sites for hydroxylation is 3. The smallest absolute Gasteiger partial charge is 0.238 e. The maximum Gasteiger partial charge on any atom is 0.238 e. The first-order valence-corrected chi connectivity index (χ1v) is 8.20. The van der Waals surface area contributed by atoms with Crippen molar-refractivity contribution in [1.82, 2.24) is 4.90 Å². The number of benzene rings is 1. The zero-order valence-electron chi connectivity index (χ0n) is 14.3. The monoisotopic (exact) mass is 303 g/mol. The summed E-state index contributed by atoms with van der Waals surface area (Å²) in [6.07, 6.45) is 1.12. The molecule has 0 saturated carbocycles. The summed E-state index contributed by atoms with van der Waals surface area (Å²) in [5.41, 5.74) is 10.3. The lowest BCUT2D eigenvalue weighted by atomic mass is 9.87. The molecule has 2 atom stereocenters. The van der Waals surface area contributed by atoms with Gasteiger partial charge < -0.3 is 11.1 Å². The molecule has 0 aliphatic carbocycles. The van der Waals surface area contributed by atoms with Crippen LogP contribution in [-0.2, 0) is 4.79 Å². The Morgan fingerprint density at radius 2 is 1.95 bits per heavy atom. The maximum atomic E-state index is 12.4. The molecule has 2 unspecified atom stereocenters. The summed E-state index contributed by atoms with van der Waals surface area (Å²) < 4.78 is 0. The molecule has 122 valence electrons. The summed E-state index contributed by atoms with van der Waals surface area (Å²) in [7, 11) is 0. The molecule has 1 fully saturated rings. The van der Waals surface area contributed by atoms with E-state index in [0.29, 0.717) is 24.9 Å². The largest absolute Gasteiger partial charge is 0.330 e. The third-order valence-electron chi connectivity index (χ3n) is 4.81. The van der Waals surface area contributed by atoms with Crippen LogP contribution in [0.15, 0.2) is 12.1 Å². The lowest BCUT2D eigenvalue weighted by Gasteiger charge is -2.36. The van der Waals surface area contributed by atoms with Crippen molar-refractivity contribution in [2.45, 2.75) is 34.1 Å². The highest BCUT2D eigenvalue weighted by Crippen LogP contribution is 2.23. The molecule has 22 heavy (non-hydrogen) atoms. The highest BCUT2D eigenvalue weighted by Gasteiger charge is 2.26. The second kappa shape index (κ2) is 7.25. The SMILES string of the molecule is Cc1cc(C)c(NC(=O)CN2CCC(C)C(CN)C2)c(C)c1. The van der Waals surface area contributed by atoms with Crippen LogP contribution in [0.3, 0.4) is 0 Å². The van der Waals surface area contributed by atoms with Gasteiger partial charge in [0.2, 0.25) is 5.91 Å². The van der Waals surface area contributed by atoms with Crippen molar-refractivity contribution < 1.29 is 4.79 Å². The number of nitrogens with zero attached hydrogens (tertiary/aromatic N) is 1. The number of nitrogens with one attached hydrogen (secondary N) is 1. The van der Waals surface area contributed by atoms with Crippen LogP contribution in [0.2, 0.25) is 0 Å². The van der Waals surface area contributed by atoms with Gasteiger partial charge in [-0.3, -0.25) is 9.69 Å². The minimum absolute atomic E-state index is 0.0698. The van der Waals surface area contributed by atoms with Crippen LogP contribution in [0.4, 0.5) is 5.69 Å². The Morgan fingerprint density at radius 1 is 1.32 bits per heavy atom. The highest BCUT2D eigenvalue weighted by atomic mass is 16.2. The molecule has 1 saturated heterocycles. The van der Waals surface area contributed by atoms with E-state index in [1.165, 1.54) is 5.56 Å². The van der Waals surface area contributed by atoms with Crippen LogP contribution in [0.1, 0.15) is 30.0 Å². The lowest BCUT2D eigenvalue weighted by molar-refractivity contribution is -0.117. The molecule has 4 nitrogen and oxygen atoms in total. The van der Waals surface area contributed by atoms with Crippen molar-refractivity contribution in [3.8, 4) is 0 Å². The van der Waals surface area contributed by atoms with E-state index in [1.54, 1.807) is 0 Å². The molecule has 0 spiro atoms. The van der Waals surface area contributed by atoms with Crippen molar-refractivity contribution in [2.75, 3.05) is 31.5 Å². The number of amides is 1. The Morgan fingerprint density at radius 3 is 2.55 bits per heavy atom. The predicted octanol–water partition coefficient (Wildman–Crippen LogP) is 2.47. The normalized spacial score (nSPS) is 22.6. The van der Waals surface area contributed by atoms with E-state index in [4.69, 9.17) is 5.73 Å². The first kappa shape index (κ1) is 17.0. The summed E-state index contributed by atoms with van der Waals surface area (Å²) in [4.78, 5) is 14.6. The molecule has 1 aromatic carbocycles. The fraction of sp³-hybridized carbons (Fsp3) is 0.611. The third kappa shape index (κ3) is 4.08. The number of carbonyl (C=O) groups is 1. The van der Waals surface area contributed by atoms with Crippen LogP contribution >= 0.6 is 0 Å². The Hall–Kier alpha value is -1.39. The van der Waals surface area contributed by atoms with Gasteiger partial charge in [-0.2, -0.15) is 0 Å². The summed E-state index contributed by atoms with van der Waals surface area (Å²) in [5, 5.41) is 3.09. The molecule has 1 aliphatic rings. The van der Waals surface area contributed by atoms with Gasteiger partial charge in [-0.15, -0.1) is 0 Å². The summed E-state index contributed by atoms with van der Waals surface area (Å²) >= 11 is 0. The second-order valence-corrected chi connectivity index (χ2v) is 6.82. The Balaban J connectivity index is 1.96. The number of piperidine rings is 1. The van der Waals surface area contributed by atoms with Gasteiger partial charge in [-0.1, -0.05) is 24.6 Å². The van der Waals surface area contributed by atoms with Crippen molar-refractivity contribution >= 4 is 11.6 Å². The molecule has 0 bridgehead atoms. The fourth-order valence-electron chi connectivity index (χ4n) is 3.43. The van der Waals surface area contributed by atoms with E-state index in [9.17, 15) is 4.79 Å². The molecule has 4 heteroatoms. The molecule has 1 heterocycles. The van der Waals surface area contributed by atoms with E-state index < -0.39 is 0 Å². The number of hydrogen-bond donors (Lipinski definition) is 2. The molecule has 1 aromatic rings. The van der Waals surface area contributed by atoms with Gasteiger partial charge in [0.1, 0.15) is 0 Å². The molecule has 0 aromatic heterocycles. The van der Waals surface area contributed by atoms with E-state index in [0.717, 1.165) is 36.3 Å². The average molecular weight is 303 g/mol. The number of nitrogens with two attached hydrogens (primary N) is 1. The minimum Gasteiger partial charge on any atom is -0.330 e. The number of rotatable bonds is 4. The van der Waals surface area contributed by atoms with Crippen LogP contribution < -0.4 is 11.1 Å². The van der Waals surface area contributed by atoms with Crippen LogP contribution in [-0.4, -0.2) is 37.0 Å².